The Morgan fingerprint density at radius 1 is 1.41 bits per heavy atom. The van der Waals surface area contributed by atoms with Gasteiger partial charge < -0.3 is 10.6 Å². The van der Waals surface area contributed by atoms with Gasteiger partial charge in [0.05, 0.1) is 0 Å². The Balaban J connectivity index is 2.25. The van der Waals surface area contributed by atoms with Crippen molar-refractivity contribution >= 4 is 5.69 Å². The standard InChI is InChI=1S/C15H24N2/c1-3-12(2)11-17-10-6-8-14(16)13-7-4-5-9-15(13)17/h4-5,7,9,12,14H,3,6,8,10-11,16H2,1-2H3. The zero-order chi connectivity index (χ0) is 12.3. The van der Waals surface area contributed by atoms with Crippen LogP contribution in [0.4, 0.5) is 5.69 Å². The van der Waals surface area contributed by atoms with E-state index in [-0.39, 0.29) is 6.04 Å². The lowest BCUT2D eigenvalue weighted by Crippen LogP contribution is -2.29. The Kier molecular flexibility index (Phi) is 4.06. The molecular formula is C15H24N2. The van der Waals surface area contributed by atoms with Crippen molar-refractivity contribution in [1.29, 1.82) is 0 Å². The van der Waals surface area contributed by atoms with Crippen molar-refractivity contribution in [3.8, 4) is 0 Å². The molecule has 1 aliphatic heterocycles. The molecule has 1 heterocycles. The van der Waals surface area contributed by atoms with E-state index >= 15 is 0 Å². The molecule has 0 fully saturated rings. The maximum absolute atomic E-state index is 6.25. The van der Waals surface area contributed by atoms with Gasteiger partial charge in [-0.25, -0.2) is 0 Å². The van der Waals surface area contributed by atoms with E-state index in [1.807, 2.05) is 0 Å². The van der Waals surface area contributed by atoms with Crippen molar-refractivity contribution in [3.63, 3.8) is 0 Å². The normalized spacial score (nSPS) is 21.8. The smallest absolute Gasteiger partial charge is 0.0414 e. The van der Waals surface area contributed by atoms with Crippen molar-refractivity contribution in [1.82, 2.24) is 0 Å². The highest BCUT2D eigenvalue weighted by Crippen LogP contribution is 2.31. The maximum atomic E-state index is 6.25. The highest BCUT2D eigenvalue weighted by atomic mass is 15.1. The predicted octanol–water partition coefficient (Wildman–Crippen LogP) is 3.33. The molecule has 1 aliphatic rings. The van der Waals surface area contributed by atoms with Crippen molar-refractivity contribution in [2.75, 3.05) is 18.0 Å². The van der Waals surface area contributed by atoms with Crippen LogP contribution >= 0.6 is 0 Å². The van der Waals surface area contributed by atoms with E-state index < -0.39 is 0 Å². The van der Waals surface area contributed by atoms with Gasteiger partial charge in [0.15, 0.2) is 0 Å². The summed E-state index contributed by atoms with van der Waals surface area (Å²) in [6, 6.07) is 8.86. The van der Waals surface area contributed by atoms with Gasteiger partial charge in [-0.15, -0.1) is 0 Å². The van der Waals surface area contributed by atoms with Crippen molar-refractivity contribution in [2.45, 2.75) is 39.2 Å². The Morgan fingerprint density at radius 2 is 2.18 bits per heavy atom. The van der Waals surface area contributed by atoms with Gasteiger partial charge in [0.2, 0.25) is 0 Å². The van der Waals surface area contributed by atoms with Crippen LogP contribution < -0.4 is 10.6 Å². The zero-order valence-corrected chi connectivity index (χ0v) is 11.0. The second kappa shape index (κ2) is 5.54. The van der Waals surface area contributed by atoms with Crippen LogP contribution in [0.15, 0.2) is 24.3 Å². The molecule has 0 aromatic heterocycles. The number of nitrogens with zero attached hydrogens (tertiary/aromatic N) is 1. The quantitative estimate of drug-likeness (QED) is 0.866. The third-order valence-corrected chi connectivity index (χ3v) is 3.85. The predicted molar refractivity (Wildman–Crippen MR) is 74.3 cm³/mol. The van der Waals surface area contributed by atoms with Crippen molar-refractivity contribution < 1.29 is 0 Å². The van der Waals surface area contributed by atoms with Gasteiger partial charge in [-0.3, -0.25) is 0 Å². The van der Waals surface area contributed by atoms with Crippen molar-refractivity contribution in [3.05, 3.63) is 29.8 Å². The third kappa shape index (κ3) is 2.81. The molecular weight excluding hydrogens is 208 g/mol. The molecule has 2 rings (SSSR count). The lowest BCUT2D eigenvalue weighted by Gasteiger charge is -2.28. The lowest BCUT2D eigenvalue weighted by molar-refractivity contribution is 0.536. The molecule has 94 valence electrons. The molecule has 0 radical (unpaired) electrons. The van der Waals surface area contributed by atoms with Gasteiger partial charge in [0, 0.05) is 24.8 Å². The molecule has 2 unspecified atom stereocenters. The number of para-hydroxylation sites is 1. The molecule has 2 heteroatoms. The van der Waals surface area contributed by atoms with Crippen molar-refractivity contribution in [2.24, 2.45) is 11.7 Å². The Morgan fingerprint density at radius 3 is 2.94 bits per heavy atom. The van der Waals surface area contributed by atoms with E-state index in [2.05, 4.69) is 43.0 Å². The summed E-state index contributed by atoms with van der Waals surface area (Å²) in [6.07, 6.45) is 3.55. The number of rotatable bonds is 3. The zero-order valence-electron chi connectivity index (χ0n) is 11.0. The first-order chi connectivity index (χ1) is 8.22. The molecule has 0 saturated carbocycles. The number of benzene rings is 1. The molecule has 0 aliphatic carbocycles. The molecule has 1 aromatic carbocycles. The van der Waals surface area contributed by atoms with Gasteiger partial charge in [0.25, 0.3) is 0 Å². The van der Waals surface area contributed by atoms with E-state index in [0.717, 1.165) is 25.4 Å². The molecule has 0 bridgehead atoms. The number of anilines is 1. The average Bonchev–Trinajstić information content (AvgIpc) is 2.51. The third-order valence-electron chi connectivity index (χ3n) is 3.85. The fraction of sp³-hybridized carbons (Fsp3) is 0.600. The molecule has 2 N–H and O–H groups in total. The number of hydrogen-bond donors (Lipinski definition) is 1. The van der Waals surface area contributed by atoms with E-state index in [0.29, 0.717) is 0 Å². The van der Waals surface area contributed by atoms with E-state index in [1.54, 1.807) is 0 Å². The second-order valence-electron chi connectivity index (χ2n) is 5.27. The van der Waals surface area contributed by atoms with Gasteiger partial charge in [-0.05, 0) is 30.4 Å². The van der Waals surface area contributed by atoms with E-state index in [1.165, 1.54) is 24.1 Å². The molecule has 2 atom stereocenters. The molecule has 17 heavy (non-hydrogen) atoms. The Hall–Kier alpha value is -1.02. The monoisotopic (exact) mass is 232 g/mol. The maximum Gasteiger partial charge on any atom is 0.0414 e. The van der Waals surface area contributed by atoms with Gasteiger partial charge in [0.1, 0.15) is 0 Å². The van der Waals surface area contributed by atoms with Crippen LogP contribution in [0, 0.1) is 5.92 Å². The lowest BCUT2D eigenvalue weighted by atomic mass is 10.0. The number of nitrogens with two attached hydrogens (primary N) is 1. The minimum atomic E-state index is 0.216. The minimum absolute atomic E-state index is 0.216. The first-order valence-electron chi connectivity index (χ1n) is 6.81. The topological polar surface area (TPSA) is 29.3 Å². The Bertz CT molecular complexity index is 362. The number of fused-ring (bicyclic) bond motifs is 1. The van der Waals surface area contributed by atoms with Crippen LogP contribution in [0.2, 0.25) is 0 Å². The Labute approximate surface area is 105 Å². The summed E-state index contributed by atoms with van der Waals surface area (Å²) in [5.74, 6) is 0.748. The van der Waals surface area contributed by atoms with Crippen LogP contribution in [0.5, 0.6) is 0 Å². The molecule has 1 aromatic rings. The van der Waals surface area contributed by atoms with Crippen LogP contribution in [0.25, 0.3) is 0 Å². The van der Waals surface area contributed by atoms with Gasteiger partial charge >= 0.3 is 0 Å². The summed E-state index contributed by atoms with van der Waals surface area (Å²) in [7, 11) is 0. The summed E-state index contributed by atoms with van der Waals surface area (Å²) < 4.78 is 0. The summed E-state index contributed by atoms with van der Waals surface area (Å²) in [6.45, 7) is 6.89. The average molecular weight is 232 g/mol. The SMILES string of the molecule is CCC(C)CN1CCCC(N)c2ccccc21. The summed E-state index contributed by atoms with van der Waals surface area (Å²) in [5.41, 5.74) is 8.93. The van der Waals surface area contributed by atoms with E-state index in [4.69, 9.17) is 5.73 Å². The molecule has 0 spiro atoms. The summed E-state index contributed by atoms with van der Waals surface area (Å²) >= 11 is 0. The van der Waals surface area contributed by atoms with E-state index in [9.17, 15) is 0 Å². The highest BCUT2D eigenvalue weighted by Gasteiger charge is 2.20. The van der Waals surface area contributed by atoms with Crippen LogP contribution in [0.1, 0.15) is 44.7 Å². The highest BCUT2D eigenvalue weighted by molar-refractivity contribution is 5.55. The summed E-state index contributed by atoms with van der Waals surface area (Å²) in [5, 5.41) is 0. The summed E-state index contributed by atoms with van der Waals surface area (Å²) in [4.78, 5) is 2.52. The van der Waals surface area contributed by atoms with Crippen LogP contribution in [-0.2, 0) is 0 Å². The fourth-order valence-electron chi connectivity index (χ4n) is 2.56. The van der Waals surface area contributed by atoms with Gasteiger partial charge in [-0.2, -0.15) is 0 Å². The van der Waals surface area contributed by atoms with Gasteiger partial charge in [-0.1, -0.05) is 38.5 Å². The molecule has 0 saturated heterocycles. The molecule has 0 amide bonds. The first-order valence-corrected chi connectivity index (χ1v) is 6.81. The second-order valence-corrected chi connectivity index (χ2v) is 5.27. The van der Waals surface area contributed by atoms with Crippen LogP contribution in [-0.4, -0.2) is 13.1 Å². The molecule has 2 nitrogen and oxygen atoms in total. The fourth-order valence-corrected chi connectivity index (χ4v) is 2.56. The first kappa shape index (κ1) is 12.4. The van der Waals surface area contributed by atoms with Crippen LogP contribution in [0.3, 0.4) is 0 Å². The largest absolute Gasteiger partial charge is 0.371 e. The number of hydrogen-bond acceptors (Lipinski definition) is 2. The minimum Gasteiger partial charge on any atom is -0.371 e.